The Hall–Kier alpha value is -2.47. The monoisotopic (exact) mass is 349 g/mol. The normalized spacial score (nSPS) is 13.3. The number of alkyl halides is 2. The summed E-state index contributed by atoms with van der Waals surface area (Å²) in [5, 5.41) is 12.8. The first-order chi connectivity index (χ1) is 12.0. The third kappa shape index (κ3) is 6.15. The number of hydrogen-bond acceptors (Lipinski definition) is 3. The number of rotatable bonds is 8. The van der Waals surface area contributed by atoms with Gasteiger partial charge in [0.15, 0.2) is 0 Å². The van der Waals surface area contributed by atoms with E-state index in [-0.39, 0.29) is 24.1 Å². The van der Waals surface area contributed by atoms with Crippen molar-refractivity contribution in [3.05, 3.63) is 65.7 Å². The molecule has 2 aromatic rings. The van der Waals surface area contributed by atoms with Gasteiger partial charge in [0.05, 0.1) is 6.10 Å². The second kappa shape index (κ2) is 9.13. The Morgan fingerprint density at radius 3 is 2.56 bits per heavy atom. The summed E-state index contributed by atoms with van der Waals surface area (Å²) in [7, 11) is 0. The number of carbonyl (C=O) groups is 1. The molecule has 0 aromatic heterocycles. The zero-order valence-corrected chi connectivity index (χ0v) is 13.9. The van der Waals surface area contributed by atoms with Gasteiger partial charge in [0, 0.05) is 12.5 Å². The summed E-state index contributed by atoms with van der Waals surface area (Å²) in [6.45, 7) is -1.12. The second-order valence-electron chi connectivity index (χ2n) is 5.80. The molecule has 6 heteroatoms. The fourth-order valence-corrected chi connectivity index (χ4v) is 2.45. The van der Waals surface area contributed by atoms with E-state index < -0.39 is 12.7 Å². The van der Waals surface area contributed by atoms with Gasteiger partial charge in [-0.25, -0.2) is 0 Å². The maximum absolute atomic E-state index is 12.2. The van der Waals surface area contributed by atoms with Gasteiger partial charge < -0.3 is 15.2 Å². The topological polar surface area (TPSA) is 58.6 Å². The van der Waals surface area contributed by atoms with Crippen LogP contribution in [0.1, 0.15) is 24.2 Å². The Morgan fingerprint density at radius 2 is 1.88 bits per heavy atom. The average Bonchev–Trinajstić information content (AvgIpc) is 2.59. The fourth-order valence-electron chi connectivity index (χ4n) is 2.45. The molecule has 0 bridgehead atoms. The van der Waals surface area contributed by atoms with Gasteiger partial charge in [-0.05, 0) is 29.7 Å². The van der Waals surface area contributed by atoms with Gasteiger partial charge in [-0.1, -0.05) is 49.4 Å². The molecular formula is C19H21F2NO3. The Balaban J connectivity index is 1.86. The summed E-state index contributed by atoms with van der Waals surface area (Å²) < 4.78 is 28.8. The third-order valence-corrected chi connectivity index (χ3v) is 3.77. The zero-order valence-electron chi connectivity index (χ0n) is 13.9. The number of carbonyl (C=O) groups excluding carboxylic acids is 1. The van der Waals surface area contributed by atoms with Gasteiger partial charge in [-0.15, -0.1) is 0 Å². The largest absolute Gasteiger partial charge is 0.435 e. The maximum atomic E-state index is 12.2. The van der Waals surface area contributed by atoms with Crippen molar-refractivity contribution in [3.63, 3.8) is 0 Å². The van der Waals surface area contributed by atoms with E-state index in [1.165, 1.54) is 18.2 Å². The van der Waals surface area contributed by atoms with Crippen molar-refractivity contribution < 1.29 is 23.4 Å². The molecule has 0 saturated carbocycles. The van der Waals surface area contributed by atoms with E-state index in [4.69, 9.17) is 0 Å². The van der Waals surface area contributed by atoms with Gasteiger partial charge in [-0.3, -0.25) is 4.79 Å². The van der Waals surface area contributed by atoms with E-state index in [1.54, 1.807) is 6.07 Å². The van der Waals surface area contributed by atoms with Crippen molar-refractivity contribution in [1.29, 1.82) is 0 Å². The summed E-state index contributed by atoms with van der Waals surface area (Å²) in [5.41, 5.74) is 1.46. The first-order valence-corrected chi connectivity index (χ1v) is 8.00. The summed E-state index contributed by atoms with van der Waals surface area (Å²) in [5.74, 6) is -0.457. The predicted molar refractivity (Wildman–Crippen MR) is 90.4 cm³/mol. The molecular weight excluding hydrogens is 328 g/mol. The van der Waals surface area contributed by atoms with Gasteiger partial charge in [0.2, 0.25) is 5.91 Å². The van der Waals surface area contributed by atoms with E-state index in [0.717, 1.165) is 5.56 Å². The van der Waals surface area contributed by atoms with Crippen molar-refractivity contribution in [2.45, 2.75) is 26.1 Å². The molecule has 2 aromatic carbocycles. The van der Waals surface area contributed by atoms with Crippen molar-refractivity contribution in [3.8, 4) is 5.75 Å². The van der Waals surface area contributed by atoms with Gasteiger partial charge >= 0.3 is 6.61 Å². The maximum Gasteiger partial charge on any atom is 0.387 e. The molecule has 4 nitrogen and oxygen atoms in total. The highest BCUT2D eigenvalue weighted by atomic mass is 19.3. The van der Waals surface area contributed by atoms with Crippen molar-refractivity contribution >= 4 is 5.91 Å². The minimum atomic E-state index is -2.93. The number of halogens is 2. The smallest absolute Gasteiger partial charge is 0.387 e. The molecule has 134 valence electrons. The molecule has 0 radical (unpaired) electrons. The standard InChI is InChI=1S/C19H21F2NO3/c1-13(10-14-6-3-2-4-7-14)18(24)22-12-17(23)15-8-5-9-16(11-15)25-19(20)21/h2-9,11,13,17,19,23H,10,12H2,1H3,(H,22,24). The van der Waals surface area contributed by atoms with Crippen LogP contribution in [-0.4, -0.2) is 24.2 Å². The highest BCUT2D eigenvalue weighted by Gasteiger charge is 2.16. The van der Waals surface area contributed by atoms with Gasteiger partial charge in [0.25, 0.3) is 0 Å². The van der Waals surface area contributed by atoms with Crippen LogP contribution in [0.3, 0.4) is 0 Å². The van der Waals surface area contributed by atoms with E-state index in [1.807, 2.05) is 37.3 Å². The van der Waals surface area contributed by atoms with Crippen LogP contribution in [0.25, 0.3) is 0 Å². The molecule has 2 unspecified atom stereocenters. The molecule has 2 N–H and O–H groups in total. The Morgan fingerprint density at radius 1 is 1.16 bits per heavy atom. The van der Waals surface area contributed by atoms with Crippen molar-refractivity contribution in [2.75, 3.05) is 6.54 Å². The quantitative estimate of drug-likeness (QED) is 0.769. The summed E-state index contributed by atoms with van der Waals surface area (Å²) in [4.78, 5) is 12.1. The molecule has 0 aliphatic heterocycles. The molecule has 0 spiro atoms. The lowest BCUT2D eigenvalue weighted by atomic mass is 10.0. The molecule has 0 heterocycles. The number of amides is 1. The molecule has 0 aliphatic rings. The number of aliphatic hydroxyl groups excluding tert-OH is 1. The van der Waals surface area contributed by atoms with Crippen LogP contribution in [-0.2, 0) is 11.2 Å². The number of hydrogen-bond donors (Lipinski definition) is 2. The van der Waals surface area contributed by atoms with E-state index >= 15 is 0 Å². The molecule has 2 atom stereocenters. The predicted octanol–water partition coefficient (Wildman–Crippen LogP) is 3.32. The first kappa shape index (κ1) is 18.9. The summed E-state index contributed by atoms with van der Waals surface area (Å²) in [6.07, 6.45) is -0.408. The van der Waals surface area contributed by atoms with Gasteiger partial charge in [0.1, 0.15) is 5.75 Å². The summed E-state index contributed by atoms with van der Waals surface area (Å²) in [6, 6.07) is 15.4. The molecule has 25 heavy (non-hydrogen) atoms. The second-order valence-corrected chi connectivity index (χ2v) is 5.80. The van der Waals surface area contributed by atoms with Crippen LogP contribution in [0, 0.1) is 5.92 Å². The van der Waals surface area contributed by atoms with Crippen LogP contribution in [0.2, 0.25) is 0 Å². The zero-order chi connectivity index (χ0) is 18.2. The van der Waals surface area contributed by atoms with Gasteiger partial charge in [-0.2, -0.15) is 8.78 Å². The lowest BCUT2D eigenvalue weighted by molar-refractivity contribution is -0.124. The Kier molecular flexibility index (Phi) is 6.89. The average molecular weight is 349 g/mol. The van der Waals surface area contributed by atoms with Crippen molar-refractivity contribution in [1.82, 2.24) is 5.32 Å². The number of ether oxygens (including phenoxy) is 1. The Bertz CT molecular complexity index is 679. The molecule has 0 aliphatic carbocycles. The number of nitrogens with one attached hydrogen (secondary N) is 1. The van der Waals surface area contributed by atoms with E-state index in [9.17, 15) is 18.7 Å². The van der Waals surface area contributed by atoms with Crippen LogP contribution >= 0.6 is 0 Å². The van der Waals surface area contributed by atoms with Crippen LogP contribution < -0.4 is 10.1 Å². The highest BCUT2D eigenvalue weighted by Crippen LogP contribution is 2.20. The number of aliphatic hydroxyl groups is 1. The molecule has 0 fully saturated rings. The molecule has 1 amide bonds. The van der Waals surface area contributed by atoms with Crippen LogP contribution in [0.4, 0.5) is 8.78 Å². The Labute approximate surface area is 145 Å². The highest BCUT2D eigenvalue weighted by molar-refractivity contribution is 5.78. The SMILES string of the molecule is CC(Cc1ccccc1)C(=O)NCC(O)c1cccc(OC(F)F)c1. The molecule has 2 rings (SSSR count). The van der Waals surface area contributed by atoms with Crippen molar-refractivity contribution in [2.24, 2.45) is 5.92 Å². The first-order valence-electron chi connectivity index (χ1n) is 8.00. The summed E-state index contributed by atoms with van der Waals surface area (Å²) >= 11 is 0. The lowest BCUT2D eigenvalue weighted by Gasteiger charge is -2.16. The van der Waals surface area contributed by atoms with Crippen LogP contribution in [0.15, 0.2) is 54.6 Å². The molecule has 0 saturated heterocycles. The fraction of sp³-hybridized carbons (Fsp3) is 0.316. The van der Waals surface area contributed by atoms with E-state index in [2.05, 4.69) is 10.1 Å². The van der Waals surface area contributed by atoms with E-state index in [0.29, 0.717) is 12.0 Å². The lowest BCUT2D eigenvalue weighted by Crippen LogP contribution is -2.33. The minimum absolute atomic E-state index is 0.00387. The minimum Gasteiger partial charge on any atom is -0.435 e. The number of benzene rings is 2. The van der Waals surface area contributed by atoms with Crippen LogP contribution in [0.5, 0.6) is 5.75 Å². The third-order valence-electron chi connectivity index (χ3n) is 3.77.